The zero-order chi connectivity index (χ0) is 23.0. The Morgan fingerprint density at radius 3 is 2.59 bits per heavy atom. The van der Waals surface area contributed by atoms with Crippen LogP contribution in [0.25, 0.3) is 5.65 Å². The fourth-order valence-electron chi connectivity index (χ4n) is 3.92. The number of hydrogen-bond acceptors (Lipinski definition) is 8. The zero-order valence-corrected chi connectivity index (χ0v) is 19.2. The molecule has 0 aliphatic heterocycles. The van der Waals surface area contributed by atoms with Gasteiger partial charge in [-0.2, -0.15) is 0 Å². The number of anilines is 3. The van der Waals surface area contributed by atoms with Crippen LogP contribution in [0, 0.1) is 6.92 Å². The second-order valence-corrected chi connectivity index (χ2v) is 10.5. The van der Waals surface area contributed by atoms with Crippen molar-refractivity contribution in [1.29, 1.82) is 0 Å². The van der Waals surface area contributed by atoms with Gasteiger partial charge >= 0.3 is 0 Å². The SMILES string of the molecule is Cc1c(NC2CCC(N)CC2)nn2ccnc2c1Nc1ccc(S(=O)(=O)N(C)C)c(O)c1. The summed E-state index contributed by atoms with van der Waals surface area (Å²) in [4.78, 5) is 4.25. The summed E-state index contributed by atoms with van der Waals surface area (Å²) in [6.45, 7) is 1.95. The number of rotatable bonds is 6. The van der Waals surface area contributed by atoms with E-state index in [-0.39, 0.29) is 16.7 Å². The standard InChI is InChI=1S/C21H29N7O3S/c1-13-19(24-16-8-9-18(17(29)12-16)32(30,31)27(2)3)21-23-10-11-28(21)26-20(13)25-15-6-4-14(22)5-7-15/h8-12,14-15,24,29H,4-7,22H2,1-3H3,(H,25,26). The summed E-state index contributed by atoms with van der Waals surface area (Å²) in [5.74, 6) is 0.418. The van der Waals surface area contributed by atoms with Crippen LogP contribution in [0.15, 0.2) is 35.5 Å². The van der Waals surface area contributed by atoms with Crippen LogP contribution in [0.1, 0.15) is 31.2 Å². The Bertz CT molecular complexity index is 1230. The molecule has 4 rings (SSSR count). The first kappa shape index (κ1) is 22.3. The highest BCUT2D eigenvalue weighted by atomic mass is 32.2. The minimum absolute atomic E-state index is 0.150. The number of phenolic OH excluding ortho intramolecular Hbond substituents is 1. The van der Waals surface area contributed by atoms with E-state index in [4.69, 9.17) is 5.73 Å². The Morgan fingerprint density at radius 2 is 1.94 bits per heavy atom. The highest BCUT2D eigenvalue weighted by Gasteiger charge is 2.23. The summed E-state index contributed by atoms with van der Waals surface area (Å²) in [5.41, 5.74) is 8.80. The van der Waals surface area contributed by atoms with Gasteiger partial charge in [0, 0.05) is 55.9 Å². The quantitative estimate of drug-likeness (QED) is 0.441. The molecule has 5 N–H and O–H groups in total. The van der Waals surface area contributed by atoms with Crippen molar-refractivity contribution in [3.8, 4) is 5.75 Å². The van der Waals surface area contributed by atoms with Crippen molar-refractivity contribution in [3.05, 3.63) is 36.2 Å². The van der Waals surface area contributed by atoms with Gasteiger partial charge in [-0.25, -0.2) is 22.2 Å². The maximum absolute atomic E-state index is 12.4. The third-order valence-electron chi connectivity index (χ3n) is 5.88. The molecule has 10 nitrogen and oxygen atoms in total. The van der Waals surface area contributed by atoms with Crippen molar-refractivity contribution in [2.45, 2.75) is 49.6 Å². The molecule has 3 aromatic rings. The summed E-state index contributed by atoms with van der Waals surface area (Å²) in [5, 5.41) is 21.9. The number of nitrogens with zero attached hydrogens (tertiary/aromatic N) is 4. The van der Waals surface area contributed by atoms with E-state index in [0.717, 1.165) is 47.1 Å². The highest BCUT2D eigenvalue weighted by molar-refractivity contribution is 7.89. The third-order valence-corrected chi connectivity index (χ3v) is 7.75. The van der Waals surface area contributed by atoms with Crippen molar-refractivity contribution < 1.29 is 13.5 Å². The van der Waals surface area contributed by atoms with Crippen LogP contribution in [0.4, 0.5) is 17.2 Å². The molecule has 0 amide bonds. The van der Waals surface area contributed by atoms with Crippen molar-refractivity contribution in [2.24, 2.45) is 5.73 Å². The first-order chi connectivity index (χ1) is 15.2. The monoisotopic (exact) mass is 459 g/mol. The van der Waals surface area contributed by atoms with Crippen LogP contribution in [0.3, 0.4) is 0 Å². The lowest BCUT2D eigenvalue weighted by Gasteiger charge is -2.28. The van der Waals surface area contributed by atoms with Gasteiger partial charge in [-0.15, -0.1) is 5.10 Å². The van der Waals surface area contributed by atoms with E-state index in [1.807, 2.05) is 6.92 Å². The molecule has 0 unspecified atom stereocenters. The largest absolute Gasteiger partial charge is 0.506 e. The molecule has 2 aromatic heterocycles. The minimum atomic E-state index is -3.75. The molecule has 0 saturated heterocycles. The van der Waals surface area contributed by atoms with Crippen LogP contribution in [0.2, 0.25) is 0 Å². The summed E-state index contributed by atoms with van der Waals surface area (Å²) < 4.78 is 27.5. The topological polar surface area (TPSA) is 138 Å². The number of benzene rings is 1. The molecular weight excluding hydrogens is 430 g/mol. The van der Waals surface area contributed by atoms with Gasteiger partial charge in [0.25, 0.3) is 0 Å². The lowest BCUT2D eigenvalue weighted by molar-refractivity contribution is 0.410. The molecule has 0 spiro atoms. The lowest BCUT2D eigenvalue weighted by atomic mass is 9.92. The van der Waals surface area contributed by atoms with E-state index in [0.29, 0.717) is 17.4 Å². The summed E-state index contributed by atoms with van der Waals surface area (Å²) in [6.07, 6.45) is 7.38. The van der Waals surface area contributed by atoms with Crippen LogP contribution >= 0.6 is 0 Å². The molecule has 32 heavy (non-hydrogen) atoms. The number of phenols is 1. The third kappa shape index (κ3) is 4.23. The first-order valence-electron chi connectivity index (χ1n) is 10.6. The van der Waals surface area contributed by atoms with Gasteiger partial charge in [-0.05, 0) is 44.7 Å². The average molecular weight is 460 g/mol. The molecule has 0 radical (unpaired) electrons. The molecule has 1 aliphatic rings. The van der Waals surface area contributed by atoms with Gasteiger partial charge in [0.05, 0.1) is 5.69 Å². The number of sulfonamides is 1. The summed E-state index contributed by atoms with van der Waals surface area (Å²) in [6, 6.07) is 4.96. The van der Waals surface area contributed by atoms with E-state index < -0.39 is 10.0 Å². The van der Waals surface area contributed by atoms with E-state index >= 15 is 0 Å². The Labute approximate surface area is 187 Å². The number of fused-ring (bicyclic) bond motifs is 1. The van der Waals surface area contributed by atoms with Crippen molar-refractivity contribution in [3.63, 3.8) is 0 Å². The van der Waals surface area contributed by atoms with Crippen molar-refractivity contribution >= 4 is 32.9 Å². The first-order valence-corrected chi connectivity index (χ1v) is 12.0. The Hall–Kier alpha value is -2.89. The van der Waals surface area contributed by atoms with Crippen LogP contribution in [-0.4, -0.2) is 58.6 Å². The van der Waals surface area contributed by atoms with Crippen LogP contribution in [0.5, 0.6) is 5.75 Å². The lowest BCUT2D eigenvalue weighted by Crippen LogP contribution is -2.33. The maximum Gasteiger partial charge on any atom is 0.246 e. The number of imidazole rings is 1. The Morgan fingerprint density at radius 1 is 1.22 bits per heavy atom. The second-order valence-electron chi connectivity index (χ2n) is 8.39. The van der Waals surface area contributed by atoms with Gasteiger partial charge in [-0.1, -0.05) is 0 Å². The van der Waals surface area contributed by atoms with E-state index in [1.165, 1.54) is 26.2 Å². The van der Waals surface area contributed by atoms with E-state index in [9.17, 15) is 13.5 Å². The number of nitrogens with two attached hydrogens (primary N) is 1. The molecule has 2 heterocycles. The number of nitrogens with one attached hydrogen (secondary N) is 2. The predicted molar refractivity (Wildman–Crippen MR) is 124 cm³/mol. The zero-order valence-electron chi connectivity index (χ0n) is 18.4. The van der Waals surface area contributed by atoms with Crippen molar-refractivity contribution in [1.82, 2.24) is 18.9 Å². The average Bonchev–Trinajstić information content (AvgIpc) is 3.20. The van der Waals surface area contributed by atoms with E-state index in [1.54, 1.807) is 23.0 Å². The van der Waals surface area contributed by atoms with Gasteiger partial charge in [-0.3, -0.25) is 0 Å². The van der Waals surface area contributed by atoms with E-state index in [2.05, 4.69) is 20.7 Å². The van der Waals surface area contributed by atoms with Gasteiger partial charge < -0.3 is 21.5 Å². The predicted octanol–water partition coefficient (Wildman–Crippen LogP) is 2.42. The highest BCUT2D eigenvalue weighted by Crippen LogP contribution is 2.33. The molecule has 11 heteroatoms. The Kier molecular flexibility index (Phi) is 5.97. The summed E-state index contributed by atoms with van der Waals surface area (Å²) >= 11 is 0. The fourth-order valence-corrected chi connectivity index (χ4v) is 4.88. The number of aromatic hydroxyl groups is 1. The van der Waals surface area contributed by atoms with Gasteiger partial charge in [0.15, 0.2) is 11.5 Å². The Balaban J connectivity index is 1.66. The minimum Gasteiger partial charge on any atom is -0.506 e. The maximum atomic E-state index is 12.4. The molecule has 1 aromatic carbocycles. The van der Waals surface area contributed by atoms with Gasteiger partial charge in [0.1, 0.15) is 10.6 Å². The summed E-state index contributed by atoms with van der Waals surface area (Å²) in [7, 11) is -0.905. The van der Waals surface area contributed by atoms with Crippen LogP contribution in [-0.2, 0) is 10.0 Å². The second kappa shape index (κ2) is 8.57. The van der Waals surface area contributed by atoms with Crippen LogP contribution < -0.4 is 16.4 Å². The van der Waals surface area contributed by atoms with Gasteiger partial charge in [0.2, 0.25) is 10.0 Å². The molecule has 1 saturated carbocycles. The molecule has 172 valence electrons. The fraction of sp³-hybridized carbons (Fsp3) is 0.429. The van der Waals surface area contributed by atoms with Crippen molar-refractivity contribution in [2.75, 3.05) is 24.7 Å². The normalized spacial score (nSPS) is 19.4. The molecular formula is C21H29N7O3S. The molecule has 0 bridgehead atoms. The molecule has 1 fully saturated rings. The number of aromatic nitrogens is 3. The number of hydrogen-bond donors (Lipinski definition) is 4. The molecule has 0 atom stereocenters. The smallest absolute Gasteiger partial charge is 0.246 e. The molecule has 1 aliphatic carbocycles.